The number of aryl methyl sites for hydroxylation is 1. The summed E-state index contributed by atoms with van der Waals surface area (Å²) < 4.78 is 10.2. The van der Waals surface area contributed by atoms with Crippen LogP contribution in [0.4, 0.5) is 5.00 Å². The Balaban J connectivity index is 2.30. The summed E-state index contributed by atoms with van der Waals surface area (Å²) in [6.45, 7) is 5.79. The Hall–Kier alpha value is -2.34. The van der Waals surface area contributed by atoms with E-state index in [9.17, 15) is 9.59 Å². The number of methoxy groups -OCH3 is 1. The number of anilines is 1. The zero-order chi connectivity index (χ0) is 17.0. The first-order valence-electron chi connectivity index (χ1n) is 7.20. The van der Waals surface area contributed by atoms with Gasteiger partial charge in [-0.05, 0) is 44.5 Å². The number of rotatable bonds is 5. The van der Waals surface area contributed by atoms with Crippen LogP contribution in [0.3, 0.4) is 0 Å². The molecule has 1 aromatic carbocycles. The Kier molecular flexibility index (Phi) is 5.39. The van der Waals surface area contributed by atoms with E-state index in [1.54, 1.807) is 38.3 Å². The lowest BCUT2D eigenvalue weighted by atomic mass is 10.1. The number of ether oxygens (including phenoxy) is 2. The molecule has 0 aliphatic heterocycles. The van der Waals surface area contributed by atoms with Crippen molar-refractivity contribution in [3.63, 3.8) is 0 Å². The predicted octanol–water partition coefficient (Wildman–Crippen LogP) is 3.80. The van der Waals surface area contributed by atoms with Crippen molar-refractivity contribution < 1.29 is 19.1 Å². The van der Waals surface area contributed by atoms with Crippen LogP contribution in [-0.4, -0.2) is 25.6 Å². The third kappa shape index (κ3) is 3.71. The molecule has 122 valence electrons. The monoisotopic (exact) mass is 333 g/mol. The molecule has 0 atom stereocenters. The van der Waals surface area contributed by atoms with Gasteiger partial charge in [-0.3, -0.25) is 4.79 Å². The van der Waals surface area contributed by atoms with Crippen LogP contribution in [0, 0.1) is 13.8 Å². The summed E-state index contributed by atoms with van der Waals surface area (Å²) in [6, 6.07) is 6.84. The number of hydrogen-bond acceptors (Lipinski definition) is 5. The maximum atomic E-state index is 12.4. The molecule has 0 aliphatic rings. The lowest BCUT2D eigenvalue weighted by Crippen LogP contribution is -2.15. The summed E-state index contributed by atoms with van der Waals surface area (Å²) >= 11 is 1.36. The highest BCUT2D eigenvalue weighted by Crippen LogP contribution is 2.33. The molecule has 2 aromatic rings. The molecule has 1 amide bonds. The van der Waals surface area contributed by atoms with E-state index in [0.29, 0.717) is 21.9 Å². The van der Waals surface area contributed by atoms with E-state index in [1.807, 2.05) is 13.8 Å². The smallest absolute Gasteiger partial charge is 0.341 e. The molecule has 0 bridgehead atoms. The molecule has 0 saturated heterocycles. The lowest BCUT2D eigenvalue weighted by Gasteiger charge is -2.08. The number of esters is 1. The van der Waals surface area contributed by atoms with Gasteiger partial charge in [-0.1, -0.05) is 6.07 Å². The molecule has 1 N–H and O–H groups in total. The first-order chi connectivity index (χ1) is 11.0. The van der Waals surface area contributed by atoms with Crippen LogP contribution in [0.2, 0.25) is 0 Å². The van der Waals surface area contributed by atoms with E-state index in [0.717, 1.165) is 10.4 Å². The second-order valence-electron chi connectivity index (χ2n) is 4.89. The topological polar surface area (TPSA) is 64.6 Å². The highest BCUT2D eigenvalue weighted by molar-refractivity contribution is 7.16. The molecule has 2 rings (SSSR count). The van der Waals surface area contributed by atoms with Crippen molar-refractivity contribution in [3.8, 4) is 5.75 Å². The summed E-state index contributed by atoms with van der Waals surface area (Å²) in [6.07, 6.45) is 0. The number of benzene rings is 1. The van der Waals surface area contributed by atoms with Crippen LogP contribution >= 0.6 is 11.3 Å². The minimum absolute atomic E-state index is 0.288. The Bertz CT molecular complexity index is 736. The molecule has 6 heteroatoms. The largest absolute Gasteiger partial charge is 0.497 e. The van der Waals surface area contributed by atoms with Crippen molar-refractivity contribution in [1.82, 2.24) is 0 Å². The van der Waals surface area contributed by atoms with Crippen LogP contribution in [0.25, 0.3) is 0 Å². The molecular weight excluding hydrogens is 314 g/mol. The van der Waals surface area contributed by atoms with Crippen LogP contribution in [0.15, 0.2) is 24.3 Å². The Labute approximate surface area is 139 Å². The minimum atomic E-state index is -0.421. The fourth-order valence-corrected chi connectivity index (χ4v) is 3.15. The van der Waals surface area contributed by atoms with Gasteiger partial charge in [0.2, 0.25) is 0 Å². The summed E-state index contributed by atoms with van der Waals surface area (Å²) in [5, 5.41) is 3.31. The molecular formula is C17H19NO4S. The molecule has 0 spiro atoms. The van der Waals surface area contributed by atoms with Gasteiger partial charge in [-0.25, -0.2) is 4.79 Å². The Morgan fingerprint density at radius 3 is 2.65 bits per heavy atom. The molecule has 23 heavy (non-hydrogen) atoms. The van der Waals surface area contributed by atoms with Gasteiger partial charge in [0.05, 0.1) is 19.3 Å². The van der Waals surface area contributed by atoms with Gasteiger partial charge in [-0.2, -0.15) is 0 Å². The third-order valence-electron chi connectivity index (χ3n) is 3.42. The highest BCUT2D eigenvalue weighted by atomic mass is 32.1. The predicted molar refractivity (Wildman–Crippen MR) is 90.7 cm³/mol. The molecule has 0 fully saturated rings. The fourth-order valence-electron chi connectivity index (χ4n) is 2.10. The number of carbonyl (C=O) groups is 2. The summed E-state index contributed by atoms with van der Waals surface area (Å²) in [5.74, 6) is -0.118. The van der Waals surface area contributed by atoms with Crippen LogP contribution in [-0.2, 0) is 4.74 Å². The van der Waals surface area contributed by atoms with Crippen molar-refractivity contribution >= 4 is 28.2 Å². The molecule has 0 saturated carbocycles. The average Bonchev–Trinajstić information content (AvgIpc) is 2.82. The molecule has 0 unspecified atom stereocenters. The van der Waals surface area contributed by atoms with E-state index in [4.69, 9.17) is 9.47 Å². The van der Waals surface area contributed by atoms with E-state index in [1.165, 1.54) is 11.3 Å². The second kappa shape index (κ2) is 7.28. The van der Waals surface area contributed by atoms with Crippen LogP contribution in [0.5, 0.6) is 5.75 Å². The van der Waals surface area contributed by atoms with Crippen molar-refractivity contribution in [1.29, 1.82) is 0 Å². The van der Waals surface area contributed by atoms with Gasteiger partial charge in [0.15, 0.2) is 0 Å². The van der Waals surface area contributed by atoms with Gasteiger partial charge in [0.1, 0.15) is 10.8 Å². The molecule has 0 radical (unpaired) electrons. The zero-order valence-electron chi connectivity index (χ0n) is 13.6. The standard InChI is InChI=1S/C17H19NO4S/c1-5-22-17(20)14-10(2)11(3)23-16(14)18-15(19)12-7-6-8-13(9-12)21-4/h6-9H,5H2,1-4H3,(H,18,19). The highest BCUT2D eigenvalue weighted by Gasteiger charge is 2.22. The van der Waals surface area contributed by atoms with E-state index < -0.39 is 5.97 Å². The SMILES string of the molecule is CCOC(=O)c1c(NC(=O)c2cccc(OC)c2)sc(C)c1C. The van der Waals surface area contributed by atoms with E-state index in [2.05, 4.69) is 5.32 Å². The third-order valence-corrected chi connectivity index (χ3v) is 4.55. The first kappa shape index (κ1) is 17.0. The summed E-state index contributed by atoms with van der Waals surface area (Å²) in [5.41, 5.74) is 1.71. The fraction of sp³-hybridized carbons (Fsp3) is 0.294. The normalized spacial score (nSPS) is 10.3. The van der Waals surface area contributed by atoms with Gasteiger partial charge in [0, 0.05) is 10.4 Å². The van der Waals surface area contributed by atoms with E-state index >= 15 is 0 Å². The number of carbonyl (C=O) groups excluding carboxylic acids is 2. The number of hydrogen-bond donors (Lipinski definition) is 1. The van der Waals surface area contributed by atoms with Gasteiger partial charge < -0.3 is 14.8 Å². The number of nitrogens with one attached hydrogen (secondary N) is 1. The Morgan fingerprint density at radius 1 is 1.26 bits per heavy atom. The van der Waals surface area contributed by atoms with Crippen molar-refractivity contribution in [2.75, 3.05) is 19.0 Å². The van der Waals surface area contributed by atoms with Crippen LogP contribution in [0.1, 0.15) is 38.1 Å². The molecule has 0 aliphatic carbocycles. The van der Waals surface area contributed by atoms with Gasteiger partial charge in [0.25, 0.3) is 5.91 Å². The number of thiophene rings is 1. The van der Waals surface area contributed by atoms with Gasteiger partial charge >= 0.3 is 5.97 Å². The minimum Gasteiger partial charge on any atom is -0.497 e. The molecule has 1 aromatic heterocycles. The molecule has 1 heterocycles. The van der Waals surface area contributed by atoms with Crippen LogP contribution < -0.4 is 10.1 Å². The quantitative estimate of drug-likeness (QED) is 0.845. The molecule has 5 nitrogen and oxygen atoms in total. The lowest BCUT2D eigenvalue weighted by molar-refractivity contribution is 0.0527. The van der Waals surface area contributed by atoms with Crippen molar-refractivity contribution in [2.24, 2.45) is 0 Å². The first-order valence-corrected chi connectivity index (χ1v) is 8.02. The average molecular weight is 333 g/mol. The van der Waals surface area contributed by atoms with Gasteiger partial charge in [-0.15, -0.1) is 11.3 Å². The maximum Gasteiger partial charge on any atom is 0.341 e. The van der Waals surface area contributed by atoms with Crippen molar-refractivity contribution in [3.05, 3.63) is 45.8 Å². The maximum absolute atomic E-state index is 12.4. The summed E-state index contributed by atoms with van der Waals surface area (Å²) in [7, 11) is 1.54. The van der Waals surface area contributed by atoms with E-state index in [-0.39, 0.29) is 12.5 Å². The van der Waals surface area contributed by atoms with Crippen molar-refractivity contribution in [2.45, 2.75) is 20.8 Å². The zero-order valence-corrected chi connectivity index (χ0v) is 14.4. The summed E-state index contributed by atoms with van der Waals surface area (Å²) in [4.78, 5) is 25.5. The second-order valence-corrected chi connectivity index (χ2v) is 6.12. The number of amides is 1. The Morgan fingerprint density at radius 2 is 2.00 bits per heavy atom.